The largest absolute Gasteiger partial charge is 0.349 e. The van der Waals surface area contributed by atoms with E-state index in [1.54, 1.807) is 4.68 Å². The molecule has 0 bridgehead atoms. The van der Waals surface area contributed by atoms with Crippen molar-refractivity contribution in [1.82, 2.24) is 24.9 Å². The van der Waals surface area contributed by atoms with E-state index in [1.807, 2.05) is 51.1 Å². The average molecular weight is 470 g/mol. The Kier molecular flexibility index (Phi) is 6.24. The van der Waals surface area contributed by atoms with Gasteiger partial charge in [0.15, 0.2) is 5.52 Å². The molecule has 2 heterocycles. The van der Waals surface area contributed by atoms with Crippen LogP contribution in [0.15, 0.2) is 53.3 Å². The van der Waals surface area contributed by atoms with Crippen molar-refractivity contribution in [3.05, 3.63) is 87.0 Å². The number of benzene rings is 2. The molecule has 1 aliphatic carbocycles. The minimum atomic E-state index is -0.221. The molecule has 1 amide bonds. The first-order valence-electron chi connectivity index (χ1n) is 12.3. The van der Waals surface area contributed by atoms with Gasteiger partial charge in [0.2, 0.25) is 5.91 Å². The summed E-state index contributed by atoms with van der Waals surface area (Å²) in [5, 5.41) is 13.2. The minimum absolute atomic E-state index is 0.0112. The number of carbonyl (C=O) groups excluding carboxylic acids is 1. The highest BCUT2D eigenvalue weighted by atomic mass is 16.1. The van der Waals surface area contributed by atoms with E-state index in [0.29, 0.717) is 24.9 Å². The van der Waals surface area contributed by atoms with Gasteiger partial charge in [0, 0.05) is 13.0 Å². The maximum Gasteiger partial charge on any atom is 0.295 e. The number of aromatic nitrogens is 4. The lowest BCUT2D eigenvalue weighted by molar-refractivity contribution is -0.122. The second-order valence-electron chi connectivity index (χ2n) is 9.48. The normalized spacial score (nSPS) is 15.2. The summed E-state index contributed by atoms with van der Waals surface area (Å²) < 4.78 is 3.26. The Bertz CT molecular complexity index is 1450. The molecule has 7 heteroatoms. The standard InChI is InChI=1S/C28H31N5O2/c1-18-13-15-22(16-14-18)33-20(3)26-19(2)30-32(28(35)27(26)31-33)17-7-12-25(34)29-24-11-6-9-21-8-4-5-10-23(21)24/h4-5,8,10,13-16,24H,6-7,9,11-12,17H2,1-3H3,(H,29,34). The maximum atomic E-state index is 13.2. The third kappa shape index (κ3) is 4.50. The number of hydrogen-bond donors (Lipinski definition) is 1. The molecule has 0 saturated carbocycles. The SMILES string of the molecule is Cc1ccc(-n2nc3c(=O)n(CCCC(=O)NC4CCCc5ccccc54)nc(C)c3c2C)cc1. The van der Waals surface area contributed by atoms with Gasteiger partial charge in [-0.15, -0.1) is 0 Å². The zero-order valence-electron chi connectivity index (χ0n) is 20.5. The Labute approximate surface area is 204 Å². The summed E-state index contributed by atoms with van der Waals surface area (Å²) in [6.45, 7) is 6.28. The molecule has 1 N–H and O–H groups in total. The number of carbonyl (C=O) groups is 1. The van der Waals surface area contributed by atoms with E-state index in [2.05, 4.69) is 33.7 Å². The summed E-state index contributed by atoms with van der Waals surface area (Å²) in [4.78, 5) is 25.9. The summed E-state index contributed by atoms with van der Waals surface area (Å²) in [5.74, 6) is 0.0112. The number of aryl methyl sites for hydroxylation is 5. The van der Waals surface area contributed by atoms with Crippen LogP contribution >= 0.6 is 0 Å². The van der Waals surface area contributed by atoms with E-state index in [0.717, 1.165) is 41.7 Å². The zero-order valence-corrected chi connectivity index (χ0v) is 20.5. The highest BCUT2D eigenvalue weighted by molar-refractivity contribution is 5.83. The van der Waals surface area contributed by atoms with Gasteiger partial charge in [-0.25, -0.2) is 9.36 Å². The average Bonchev–Trinajstić information content (AvgIpc) is 3.21. The van der Waals surface area contributed by atoms with Crippen LogP contribution in [0.25, 0.3) is 16.6 Å². The smallest absolute Gasteiger partial charge is 0.295 e. The predicted octanol–water partition coefficient (Wildman–Crippen LogP) is 4.48. The topological polar surface area (TPSA) is 81.8 Å². The molecular formula is C28H31N5O2. The number of amides is 1. The fourth-order valence-electron chi connectivity index (χ4n) is 5.13. The third-order valence-corrected chi connectivity index (χ3v) is 6.94. The van der Waals surface area contributed by atoms with Crippen molar-refractivity contribution in [3.63, 3.8) is 0 Å². The van der Waals surface area contributed by atoms with Crippen molar-refractivity contribution in [1.29, 1.82) is 0 Å². The van der Waals surface area contributed by atoms with Crippen LogP contribution in [0.5, 0.6) is 0 Å². The molecule has 0 spiro atoms. The van der Waals surface area contributed by atoms with Gasteiger partial charge < -0.3 is 5.32 Å². The summed E-state index contributed by atoms with van der Waals surface area (Å²) in [6, 6.07) is 16.5. The lowest BCUT2D eigenvalue weighted by atomic mass is 9.87. The zero-order chi connectivity index (χ0) is 24.5. The summed E-state index contributed by atoms with van der Waals surface area (Å²) in [6.07, 6.45) is 3.99. The quantitative estimate of drug-likeness (QED) is 0.451. The first kappa shape index (κ1) is 23.0. The van der Waals surface area contributed by atoms with Crippen LogP contribution in [0.3, 0.4) is 0 Å². The van der Waals surface area contributed by atoms with Gasteiger partial charge in [-0.3, -0.25) is 9.59 Å². The van der Waals surface area contributed by atoms with Crippen LogP contribution < -0.4 is 10.9 Å². The van der Waals surface area contributed by atoms with Gasteiger partial charge in [0.25, 0.3) is 5.56 Å². The van der Waals surface area contributed by atoms with E-state index in [-0.39, 0.29) is 17.5 Å². The molecule has 35 heavy (non-hydrogen) atoms. The van der Waals surface area contributed by atoms with Crippen molar-refractivity contribution in [2.75, 3.05) is 0 Å². The molecule has 2 aromatic carbocycles. The van der Waals surface area contributed by atoms with Crippen molar-refractivity contribution < 1.29 is 4.79 Å². The fraction of sp³-hybridized carbons (Fsp3) is 0.357. The third-order valence-electron chi connectivity index (χ3n) is 6.94. The Balaban J connectivity index is 1.29. The molecular weight excluding hydrogens is 438 g/mol. The first-order chi connectivity index (χ1) is 16.9. The molecule has 4 aromatic rings. The number of rotatable bonds is 6. The second kappa shape index (κ2) is 9.49. The number of fused-ring (bicyclic) bond motifs is 2. The summed E-state index contributed by atoms with van der Waals surface area (Å²) in [5.41, 5.74) is 6.48. The lowest BCUT2D eigenvalue weighted by Gasteiger charge is -2.26. The van der Waals surface area contributed by atoms with E-state index >= 15 is 0 Å². The Hall–Kier alpha value is -3.74. The van der Waals surface area contributed by atoms with Crippen molar-refractivity contribution in [2.45, 2.75) is 65.5 Å². The maximum absolute atomic E-state index is 13.2. The van der Waals surface area contributed by atoms with Gasteiger partial charge in [0.1, 0.15) is 0 Å². The molecule has 0 saturated heterocycles. The van der Waals surface area contributed by atoms with Crippen molar-refractivity contribution >= 4 is 16.8 Å². The molecule has 1 atom stereocenters. The molecule has 0 radical (unpaired) electrons. The molecule has 0 aliphatic heterocycles. The highest BCUT2D eigenvalue weighted by Gasteiger charge is 2.21. The fourth-order valence-corrected chi connectivity index (χ4v) is 5.13. The van der Waals surface area contributed by atoms with Crippen molar-refractivity contribution in [2.24, 2.45) is 0 Å². The number of nitrogens with one attached hydrogen (secondary N) is 1. The van der Waals surface area contributed by atoms with Crippen LogP contribution in [0.2, 0.25) is 0 Å². The van der Waals surface area contributed by atoms with E-state index in [9.17, 15) is 9.59 Å². The number of nitrogens with zero attached hydrogens (tertiary/aromatic N) is 4. The highest BCUT2D eigenvalue weighted by Crippen LogP contribution is 2.29. The van der Waals surface area contributed by atoms with Crippen LogP contribution in [-0.2, 0) is 17.8 Å². The number of hydrogen-bond acceptors (Lipinski definition) is 4. The first-order valence-corrected chi connectivity index (χ1v) is 12.3. The van der Waals surface area contributed by atoms with E-state index < -0.39 is 0 Å². The Morgan fingerprint density at radius 1 is 1.06 bits per heavy atom. The predicted molar refractivity (Wildman–Crippen MR) is 137 cm³/mol. The van der Waals surface area contributed by atoms with Crippen LogP contribution in [0.1, 0.15) is 59.8 Å². The molecule has 5 rings (SSSR count). The van der Waals surface area contributed by atoms with E-state index in [4.69, 9.17) is 0 Å². The Morgan fingerprint density at radius 2 is 1.83 bits per heavy atom. The van der Waals surface area contributed by atoms with Crippen LogP contribution in [0.4, 0.5) is 0 Å². The molecule has 2 aromatic heterocycles. The molecule has 7 nitrogen and oxygen atoms in total. The summed E-state index contributed by atoms with van der Waals surface area (Å²) >= 11 is 0. The van der Waals surface area contributed by atoms with Crippen LogP contribution in [-0.4, -0.2) is 25.5 Å². The van der Waals surface area contributed by atoms with Crippen LogP contribution in [0, 0.1) is 20.8 Å². The summed E-state index contributed by atoms with van der Waals surface area (Å²) in [7, 11) is 0. The van der Waals surface area contributed by atoms with E-state index in [1.165, 1.54) is 21.4 Å². The van der Waals surface area contributed by atoms with Gasteiger partial charge >= 0.3 is 0 Å². The molecule has 1 aliphatic rings. The van der Waals surface area contributed by atoms with Gasteiger partial charge in [-0.1, -0.05) is 42.0 Å². The monoisotopic (exact) mass is 469 g/mol. The minimum Gasteiger partial charge on any atom is -0.349 e. The van der Waals surface area contributed by atoms with Gasteiger partial charge in [0.05, 0.1) is 28.5 Å². The molecule has 1 unspecified atom stereocenters. The Morgan fingerprint density at radius 3 is 2.63 bits per heavy atom. The van der Waals surface area contributed by atoms with Gasteiger partial charge in [-0.05, 0) is 69.7 Å². The lowest BCUT2D eigenvalue weighted by Crippen LogP contribution is -2.31. The van der Waals surface area contributed by atoms with Crippen molar-refractivity contribution in [3.8, 4) is 5.69 Å². The van der Waals surface area contributed by atoms with Gasteiger partial charge in [-0.2, -0.15) is 10.2 Å². The molecule has 0 fully saturated rings. The molecule has 180 valence electrons. The second-order valence-corrected chi connectivity index (χ2v) is 9.48.